The molecule has 8 nitrogen and oxygen atoms in total. The minimum Gasteiger partial charge on any atom is -0.394 e. The number of likely N-dealkylation sites (tertiary alicyclic amines) is 1. The topological polar surface area (TPSA) is 99.5 Å². The summed E-state index contributed by atoms with van der Waals surface area (Å²) in [6.45, 7) is 5.27. The Hall–Kier alpha value is -4.08. The summed E-state index contributed by atoms with van der Waals surface area (Å²) in [5, 5.41) is 17.4. The molecule has 208 valence electrons. The summed E-state index contributed by atoms with van der Waals surface area (Å²) in [5.41, 5.74) is 2.53. The third-order valence-corrected chi connectivity index (χ3v) is 7.57. The van der Waals surface area contributed by atoms with Crippen LogP contribution in [0.3, 0.4) is 0 Å². The Bertz CT molecular complexity index is 1550. The van der Waals surface area contributed by atoms with E-state index in [1.807, 2.05) is 24.4 Å². The number of nitrogens with one attached hydrogen (secondary N) is 2. The van der Waals surface area contributed by atoms with E-state index in [4.69, 9.17) is 0 Å². The quantitative estimate of drug-likeness (QED) is 0.296. The second-order valence-corrected chi connectivity index (χ2v) is 10.2. The first kappa shape index (κ1) is 27.5. The van der Waals surface area contributed by atoms with Gasteiger partial charge in [-0.1, -0.05) is 25.1 Å². The first-order chi connectivity index (χ1) is 19.4. The molecule has 9 heteroatoms. The first-order valence-electron chi connectivity index (χ1n) is 13.7. The number of carbonyl (C=O) groups excluding carboxylic acids is 1. The van der Waals surface area contributed by atoms with E-state index in [-0.39, 0.29) is 12.1 Å². The zero-order valence-corrected chi connectivity index (χ0v) is 22.5. The number of fused-ring (bicyclic) bond motifs is 1. The number of carbonyl (C=O) groups is 1. The van der Waals surface area contributed by atoms with Crippen molar-refractivity contribution in [1.29, 1.82) is 0 Å². The maximum absolute atomic E-state index is 13.8. The van der Waals surface area contributed by atoms with Crippen LogP contribution in [0.15, 0.2) is 77.9 Å². The van der Waals surface area contributed by atoms with Crippen molar-refractivity contribution in [2.24, 2.45) is 0 Å². The van der Waals surface area contributed by atoms with E-state index in [0.29, 0.717) is 11.6 Å². The smallest absolute Gasteiger partial charge is 0.264 e. The van der Waals surface area contributed by atoms with Gasteiger partial charge in [0, 0.05) is 37.3 Å². The zero-order valence-electron chi connectivity index (χ0n) is 22.5. The van der Waals surface area contributed by atoms with Crippen molar-refractivity contribution < 1.29 is 14.3 Å². The second-order valence-electron chi connectivity index (χ2n) is 10.2. The van der Waals surface area contributed by atoms with Gasteiger partial charge in [0.05, 0.1) is 30.0 Å². The number of hydrogen-bond donors (Lipinski definition) is 3. The molecular weight excluding hydrogens is 509 g/mol. The summed E-state index contributed by atoms with van der Waals surface area (Å²) in [7, 11) is 0. The molecule has 1 amide bonds. The zero-order chi connectivity index (χ0) is 28.1. The molecule has 0 bridgehead atoms. The highest BCUT2D eigenvalue weighted by atomic mass is 19.1. The number of aliphatic hydroxyl groups excluding tert-OH is 1. The van der Waals surface area contributed by atoms with Crippen molar-refractivity contribution in [2.45, 2.75) is 38.4 Å². The van der Waals surface area contributed by atoms with Gasteiger partial charge in [-0.05, 0) is 73.0 Å². The van der Waals surface area contributed by atoms with Crippen LogP contribution in [0.25, 0.3) is 10.9 Å². The fourth-order valence-corrected chi connectivity index (χ4v) is 5.27. The molecule has 2 aromatic heterocycles. The van der Waals surface area contributed by atoms with Crippen molar-refractivity contribution in [2.75, 3.05) is 31.6 Å². The minimum absolute atomic E-state index is 0.0552. The maximum atomic E-state index is 13.8. The van der Waals surface area contributed by atoms with Gasteiger partial charge in [-0.3, -0.25) is 14.6 Å². The molecule has 40 heavy (non-hydrogen) atoms. The van der Waals surface area contributed by atoms with E-state index in [2.05, 4.69) is 33.5 Å². The van der Waals surface area contributed by atoms with Crippen LogP contribution in [0.2, 0.25) is 0 Å². The van der Waals surface area contributed by atoms with Gasteiger partial charge in [0.15, 0.2) is 0 Å². The lowest BCUT2D eigenvalue weighted by atomic mass is 10.0. The predicted molar refractivity (Wildman–Crippen MR) is 154 cm³/mol. The Balaban J connectivity index is 1.27. The van der Waals surface area contributed by atoms with Crippen molar-refractivity contribution in [3.8, 4) is 0 Å². The number of halogens is 1. The number of rotatable bonds is 9. The molecule has 4 aromatic rings. The van der Waals surface area contributed by atoms with E-state index in [9.17, 15) is 19.1 Å². The second kappa shape index (κ2) is 12.4. The average Bonchev–Trinajstić information content (AvgIpc) is 2.97. The number of piperidine rings is 1. The molecule has 1 saturated heterocycles. The molecule has 0 saturated carbocycles. The Morgan fingerprint density at radius 2 is 1.95 bits per heavy atom. The molecule has 3 heterocycles. The van der Waals surface area contributed by atoms with Crippen LogP contribution in [0, 0.1) is 5.82 Å². The summed E-state index contributed by atoms with van der Waals surface area (Å²) >= 11 is 0. The third-order valence-electron chi connectivity index (χ3n) is 7.57. The van der Waals surface area contributed by atoms with E-state index in [1.165, 1.54) is 35.0 Å². The van der Waals surface area contributed by atoms with Gasteiger partial charge in [0.1, 0.15) is 11.4 Å². The number of anilines is 1. The summed E-state index contributed by atoms with van der Waals surface area (Å²) in [5.74, 6) is -0.994. The molecule has 0 unspecified atom stereocenters. The summed E-state index contributed by atoms with van der Waals surface area (Å²) in [6, 6.07) is 16.2. The molecule has 0 radical (unpaired) electrons. The molecular formula is C31H34FN5O3. The first-order valence-corrected chi connectivity index (χ1v) is 13.7. The molecule has 0 spiro atoms. The minimum atomic E-state index is -0.814. The van der Waals surface area contributed by atoms with Crippen molar-refractivity contribution in [3.63, 3.8) is 0 Å². The number of aromatic nitrogens is 2. The highest BCUT2D eigenvalue weighted by molar-refractivity contribution is 5.93. The Morgan fingerprint density at radius 3 is 2.70 bits per heavy atom. The van der Waals surface area contributed by atoms with Crippen molar-refractivity contribution in [1.82, 2.24) is 19.8 Å². The Morgan fingerprint density at radius 1 is 1.12 bits per heavy atom. The maximum Gasteiger partial charge on any atom is 0.264 e. The summed E-state index contributed by atoms with van der Waals surface area (Å²) in [4.78, 5) is 33.2. The summed E-state index contributed by atoms with van der Waals surface area (Å²) in [6.07, 6.45) is 5.54. The standard InChI is InChI=1S/C31H34FN5O3/c1-2-36-13-10-25(11-14-36)35-26-17-23-15-21(8-9-28(23)33-19-26)18-34-30(39)27-7-4-12-37(31(27)40)29(20-38)22-5-3-6-24(32)16-22/h3-9,12,15-17,19,25,29,35,38H,2,10-11,13-14,18,20H2,1H3,(H,34,39)/t29-/m1/s1. The van der Waals surface area contributed by atoms with Crippen LogP contribution in [-0.4, -0.2) is 57.7 Å². The van der Waals surface area contributed by atoms with E-state index in [0.717, 1.165) is 54.6 Å². The molecule has 2 aromatic carbocycles. The predicted octanol–water partition coefficient (Wildman–Crippen LogP) is 3.94. The summed E-state index contributed by atoms with van der Waals surface area (Å²) < 4.78 is 15.0. The van der Waals surface area contributed by atoms with Gasteiger partial charge in [-0.15, -0.1) is 0 Å². The Labute approximate surface area is 232 Å². The van der Waals surface area contributed by atoms with E-state index < -0.39 is 29.9 Å². The Kier molecular flexibility index (Phi) is 8.52. The number of hydrogen-bond acceptors (Lipinski definition) is 6. The molecule has 1 aliphatic rings. The number of amides is 1. The van der Waals surface area contributed by atoms with Gasteiger partial charge in [-0.2, -0.15) is 0 Å². The van der Waals surface area contributed by atoms with Gasteiger partial charge >= 0.3 is 0 Å². The van der Waals surface area contributed by atoms with Crippen LogP contribution in [0.1, 0.15) is 47.3 Å². The van der Waals surface area contributed by atoms with Crippen molar-refractivity contribution in [3.05, 3.63) is 106 Å². The van der Waals surface area contributed by atoms with Crippen LogP contribution in [-0.2, 0) is 6.54 Å². The molecule has 0 aliphatic carbocycles. The van der Waals surface area contributed by atoms with Gasteiger partial charge in [-0.25, -0.2) is 4.39 Å². The van der Waals surface area contributed by atoms with E-state index in [1.54, 1.807) is 12.1 Å². The molecule has 1 fully saturated rings. The van der Waals surface area contributed by atoms with E-state index >= 15 is 0 Å². The molecule has 5 rings (SSSR count). The number of aliphatic hydroxyl groups is 1. The van der Waals surface area contributed by atoms with Crippen LogP contribution in [0.5, 0.6) is 0 Å². The molecule has 3 N–H and O–H groups in total. The van der Waals surface area contributed by atoms with Crippen LogP contribution >= 0.6 is 0 Å². The van der Waals surface area contributed by atoms with Crippen LogP contribution in [0.4, 0.5) is 10.1 Å². The number of nitrogens with zero attached hydrogens (tertiary/aromatic N) is 3. The van der Waals surface area contributed by atoms with Crippen LogP contribution < -0.4 is 16.2 Å². The van der Waals surface area contributed by atoms with Gasteiger partial charge in [0.2, 0.25) is 0 Å². The molecule has 1 atom stereocenters. The highest BCUT2D eigenvalue weighted by Gasteiger charge is 2.20. The lowest BCUT2D eigenvalue weighted by Gasteiger charge is -2.32. The van der Waals surface area contributed by atoms with Crippen molar-refractivity contribution >= 4 is 22.5 Å². The molecule has 1 aliphatic heterocycles. The SMILES string of the molecule is CCN1CCC(Nc2cnc3ccc(CNC(=O)c4cccn([C@H](CO)c5cccc(F)c5)c4=O)cc3c2)CC1. The fraction of sp³-hybridized carbons (Fsp3) is 0.323. The average molecular weight is 544 g/mol. The van der Waals surface area contributed by atoms with Gasteiger partial charge in [0.25, 0.3) is 11.5 Å². The fourth-order valence-electron chi connectivity index (χ4n) is 5.27. The highest BCUT2D eigenvalue weighted by Crippen LogP contribution is 2.22. The third kappa shape index (κ3) is 6.21. The largest absolute Gasteiger partial charge is 0.394 e. The number of pyridine rings is 2. The lowest BCUT2D eigenvalue weighted by Crippen LogP contribution is -2.38. The number of benzene rings is 2. The normalized spacial score (nSPS) is 15.2. The van der Waals surface area contributed by atoms with Gasteiger partial charge < -0.3 is 25.2 Å². The lowest BCUT2D eigenvalue weighted by molar-refractivity contribution is 0.0948. The monoisotopic (exact) mass is 543 g/mol.